The minimum atomic E-state index is -0.861. The van der Waals surface area contributed by atoms with Crippen molar-refractivity contribution in [1.29, 1.82) is 0 Å². The summed E-state index contributed by atoms with van der Waals surface area (Å²) in [5.74, 6) is -0.124. The SMILES string of the molecule is COCCN(C)CC(=O)N1CCC2(CC1)C(=O)N(C)C(=O)N2Cc1ccccc1. The van der Waals surface area contributed by atoms with E-state index >= 15 is 0 Å². The van der Waals surface area contributed by atoms with Crippen LogP contribution in [0.25, 0.3) is 0 Å². The molecule has 1 spiro atoms. The van der Waals surface area contributed by atoms with Crippen molar-refractivity contribution in [1.82, 2.24) is 19.6 Å². The summed E-state index contributed by atoms with van der Waals surface area (Å²) in [7, 11) is 5.07. The molecule has 2 saturated heterocycles. The van der Waals surface area contributed by atoms with E-state index in [0.29, 0.717) is 52.2 Å². The molecule has 0 N–H and O–H groups in total. The molecule has 3 rings (SSSR count). The van der Waals surface area contributed by atoms with Crippen LogP contribution >= 0.6 is 0 Å². The third-order valence-electron chi connectivity index (χ3n) is 5.95. The van der Waals surface area contributed by atoms with Crippen molar-refractivity contribution in [3.05, 3.63) is 35.9 Å². The van der Waals surface area contributed by atoms with E-state index in [4.69, 9.17) is 4.74 Å². The standard InChI is InChI=1S/C21H30N4O4/c1-22(13-14-29-3)16-18(26)24-11-9-21(10-12-24)19(27)23(2)20(28)25(21)15-17-7-5-4-6-8-17/h4-8H,9-16H2,1-3H3. The highest BCUT2D eigenvalue weighted by molar-refractivity contribution is 6.06. The Balaban J connectivity index is 1.68. The van der Waals surface area contributed by atoms with Gasteiger partial charge in [0, 0.05) is 40.3 Å². The second kappa shape index (κ2) is 8.92. The number of methoxy groups -OCH3 is 1. The van der Waals surface area contributed by atoms with Crippen molar-refractivity contribution < 1.29 is 19.1 Å². The fourth-order valence-corrected chi connectivity index (χ4v) is 4.13. The summed E-state index contributed by atoms with van der Waals surface area (Å²) in [5, 5.41) is 0. The normalized spacial score (nSPS) is 19.0. The van der Waals surface area contributed by atoms with Crippen LogP contribution in [0.2, 0.25) is 0 Å². The molecule has 2 heterocycles. The number of benzene rings is 1. The molecule has 158 valence electrons. The van der Waals surface area contributed by atoms with E-state index in [1.807, 2.05) is 42.3 Å². The number of hydrogen-bond acceptors (Lipinski definition) is 5. The van der Waals surface area contributed by atoms with Gasteiger partial charge in [0.05, 0.1) is 13.2 Å². The molecule has 0 bridgehead atoms. The van der Waals surface area contributed by atoms with Gasteiger partial charge >= 0.3 is 6.03 Å². The van der Waals surface area contributed by atoms with E-state index < -0.39 is 5.54 Å². The van der Waals surface area contributed by atoms with Gasteiger partial charge in [0.15, 0.2) is 0 Å². The molecule has 0 atom stereocenters. The van der Waals surface area contributed by atoms with Crippen LogP contribution in [0.15, 0.2) is 30.3 Å². The van der Waals surface area contributed by atoms with Crippen LogP contribution < -0.4 is 0 Å². The number of carbonyl (C=O) groups excluding carboxylic acids is 3. The molecule has 0 unspecified atom stereocenters. The lowest BCUT2D eigenvalue weighted by molar-refractivity contribution is -0.141. The van der Waals surface area contributed by atoms with Crippen LogP contribution in [0.1, 0.15) is 18.4 Å². The summed E-state index contributed by atoms with van der Waals surface area (Å²) < 4.78 is 5.05. The number of hydrogen-bond donors (Lipinski definition) is 0. The number of carbonyl (C=O) groups is 3. The van der Waals surface area contributed by atoms with Crippen LogP contribution in [0.4, 0.5) is 4.79 Å². The molecular formula is C21H30N4O4. The Hall–Kier alpha value is -2.45. The average molecular weight is 402 g/mol. The Bertz CT molecular complexity index is 746. The molecule has 1 aromatic rings. The molecular weight excluding hydrogens is 372 g/mol. The zero-order valence-electron chi connectivity index (χ0n) is 17.5. The third-order valence-corrected chi connectivity index (χ3v) is 5.95. The Morgan fingerprint density at radius 2 is 1.83 bits per heavy atom. The second-order valence-electron chi connectivity index (χ2n) is 7.86. The monoisotopic (exact) mass is 402 g/mol. The first-order chi connectivity index (χ1) is 13.9. The van der Waals surface area contributed by atoms with Gasteiger partial charge in [-0.25, -0.2) is 4.79 Å². The van der Waals surface area contributed by atoms with Crippen molar-refractivity contribution in [2.45, 2.75) is 24.9 Å². The number of likely N-dealkylation sites (tertiary alicyclic amines) is 1. The van der Waals surface area contributed by atoms with Crippen molar-refractivity contribution in [3.8, 4) is 0 Å². The van der Waals surface area contributed by atoms with Crippen molar-refractivity contribution in [3.63, 3.8) is 0 Å². The summed E-state index contributed by atoms with van der Waals surface area (Å²) >= 11 is 0. The Labute approximate surface area is 172 Å². The minimum absolute atomic E-state index is 0.0400. The lowest BCUT2D eigenvalue weighted by Gasteiger charge is -2.42. The summed E-state index contributed by atoms with van der Waals surface area (Å²) in [6.45, 7) is 2.90. The molecule has 0 aromatic heterocycles. The molecule has 1 aromatic carbocycles. The molecule has 29 heavy (non-hydrogen) atoms. The number of urea groups is 1. The fraction of sp³-hybridized carbons (Fsp3) is 0.571. The Morgan fingerprint density at radius 1 is 1.17 bits per heavy atom. The smallest absolute Gasteiger partial charge is 0.327 e. The van der Waals surface area contributed by atoms with Crippen molar-refractivity contribution in [2.75, 3.05) is 54.0 Å². The zero-order chi connectivity index (χ0) is 21.0. The molecule has 2 aliphatic rings. The van der Waals surface area contributed by atoms with E-state index in [0.717, 1.165) is 5.56 Å². The van der Waals surface area contributed by atoms with E-state index in [9.17, 15) is 14.4 Å². The van der Waals surface area contributed by atoms with Gasteiger partial charge in [0.25, 0.3) is 5.91 Å². The van der Waals surface area contributed by atoms with E-state index in [1.54, 1.807) is 24.0 Å². The molecule has 2 fully saturated rings. The largest absolute Gasteiger partial charge is 0.383 e. The van der Waals surface area contributed by atoms with Gasteiger partial charge in [0.2, 0.25) is 5.91 Å². The molecule has 0 radical (unpaired) electrons. The molecule has 8 nitrogen and oxygen atoms in total. The average Bonchev–Trinajstić information content (AvgIpc) is 2.90. The molecule has 0 saturated carbocycles. The van der Waals surface area contributed by atoms with Crippen LogP contribution in [-0.4, -0.2) is 97.0 Å². The lowest BCUT2D eigenvalue weighted by atomic mass is 9.85. The van der Waals surface area contributed by atoms with Gasteiger partial charge in [-0.15, -0.1) is 0 Å². The molecule has 8 heteroatoms. The number of amides is 4. The first-order valence-electron chi connectivity index (χ1n) is 9.98. The second-order valence-corrected chi connectivity index (χ2v) is 7.86. The topological polar surface area (TPSA) is 73.4 Å². The Kier molecular flexibility index (Phi) is 6.54. The third kappa shape index (κ3) is 4.28. The first-order valence-corrected chi connectivity index (χ1v) is 9.98. The van der Waals surface area contributed by atoms with Gasteiger partial charge in [0.1, 0.15) is 5.54 Å². The quantitative estimate of drug-likeness (QED) is 0.637. The predicted molar refractivity (Wildman–Crippen MR) is 108 cm³/mol. The summed E-state index contributed by atoms with van der Waals surface area (Å²) in [4.78, 5) is 45.1. The number of piperidine rings is 1. The van der Waals surface area contributed by atoms with Gasteiger partial charge in [-0.1, -0.05) is 30.3 Å². The van der Waals surface area contributed by atoms with Gasteiger partial charge in [-0.2, -0.15) is 0 Å². The van der Waals surface area contributed by atoms with Crippen LogP contribution in [-0.2, 0) is 20.9 Å². The van der Waals surface area contributed by atoms with Gasteiger partial charge < -0.3 is 14.5 Å². The summed E-state index contributed by atoms with van der Waals surface area (Å²) in [5.41, 5.74) is 0.127. The van der Waals surface area contributed by atoms with E-state index in [2.05, 4.69) is 0 Å². The Morgan fingerprint density at radius 3 is 2.45 bits per heavy atom. The maximum atomic E-state index is 13.0. The number of nitrogens with zero attached hydrogens (tertiary/aromatic N) is 4. The van der Waals surface area contributed by atoms with E-state index in [-0.39, 0.29) is 17.8 Å². The number of imide groups is 1. The summed E-state index contributed by atoms with van der Waals surface area (Å²) in [6, 6.07) is 9.43. The molecule has 0 aliphatic carbocycles. The first kappa shape index (κ1) is 21.3. The highest BCUT2D eigenvalue weighted by Crippen LogP contribution is 2.37. The maximum Gasteiger partial charge on any atom is 0.327 e. The minimum Gasteiger partial charge on any atom is -0.383 e. The van der Waals surface area contributed by atoms with Crippen molar-refractivity contribution >= 4 is 17.8 Å². The lowest BCUT2D eigenvalue weighted by Crippen LogP contribution is -2.57. The van der Waals surface area contributed by atoms with Crippen LogP contribution in [0.3, 0.4) is 0 Å². The highest BCUT2D eigenvalue weighted by Gasteiger charge is 2.57. The van der Waals surface area contributed by atoms with Gasteiger partial charge in [-0.3, -0.25) is 19.4 Å². The molecule has 2 aliphatic heterocycles. The van der Waals surface area contributed by atoms with Crippen LogP contribution in [0.5, 0.6) is 0 Å². The zero-order valence-corrected chi connectivity index (χ0v) is 17.5. The fourth-order valence-electron chi connectivity index (χ4n) is 4.13. The van der Waals surface area contributed by atoms with Gasteiger partial charge in [-0.05, 0) is 25.5 Å². The number of rotatable bonds is 7. The summed E-state index contributed by atoms with van der Waals surface area (Å²) in [6.07, 6.45) is 0.921. The number of ether oxygens (including phenoxy) is 1. The highest BCUT2D eigenvalue weighted by atomic mass is 16.5. The van der Waals surface area contributed by atoms with Crippen molar-refractivity contribution in [2.24, 2.45) is 0 Å². The predicted octanol–water partition coefficient (Wildman–Crippen LogP) is 1.02. The maximum absolute atomic E-state index is 13.0. The number of likely N-dealkylation sites (N-methyl/N-ethyl adjacent to an activating group) is 2. The van der Waals surface area contributed by atoms with Crippen LogP contribution in [0, 0.1) is 0 Å². The molecule has 4 amide bonds. The van der Waals surface area contributed by atoms with E-state index in [1.165, 1.54) is 4.90 Å².